The van der Waals surface area contributed by atoms with Gasteiger partial charge < -0.3 is 14.5 Å². The number of hydrogen-bond donors (Lipinski definition) is 0. The Bertz CT molecular complexity index is 201. The van der Waals surface area contributed by atoms with E-state index in [1.165, 1.54) is 71.4 Å². The summed E-state index contributed by atoms with van der Waals surface area (Å²) in [5.41, 5.74) is 0. The molecule has 0 aromatic heterocycles. The van der Waals surface area contributed by atoms with Crippen molar-refractivity contribution in [1.82, 2.24) is 9.80 Å². The molecule has 0 bridgehead atoms. The highest BCUT2D eigenvalue weighted by atomic mass is 16.5. The summed E-state index contributed by atoms with van der Waals surface area (Å²) >= 11 is 0. The molecule has 1 aliphatic rings. The van der Waals surface area contributed by atoms with E-state index in [-0.39, 0.29) is 0 Å². The number of unbranched alkanes of at least 4 members (excludes halogenated alkanes) is 3. The van der Waals surface area contributed by atoms with Crippen LogP contribution in [0, 0.1) is 0 Å². The molecule has 0 aromatic carbocycles. The van der Waals surface area contributed by atoms with Crippen molar-refractivity contribution in [3.05, 3.63) is 0 Å². The molecule has 1 aliphatic heterocycles. The third-order valence-corrected chi connectivity index (χ3v) is 3.86. The molecule has 0 atom stereocenters. The molecule has 1 saturated heterocycles. The van der Waals surface area contributed by atoms with Crippen LogP contribution >= 0.6 is 0 Å². The number of ether oxygens (including phenoxy) is 1. The molecular weight excluding hydrogens is 236 g/mol. The van der Waals surface area contributed by atoms with Crippen LogP contribution in [0.3, 0.4) is 0 Å². The maximum Gasteiger partial charge on any atom is 0.0518 e. The Labute approximate surface area is 120 Å². The molecule has 1 heterocycles. The van der Waals surface area contributed by atoms with E-state index in [4.69, 9.17) is 4.74 Å². The SMILES string of the molecule is CCCCN1CCN(CCCCCOC(C)C)CC1. The van der Waals surface area contributed by atoms with Crippen LogP contribution in [0.15, 0.2) is 0 Å². The molecule has 0 amide bonds. The van der Waals surface area contributed by atoms with Crippen molar-refractivity contribution in [3.63, 3.8) is 0 Å². The average Bonchev–Trinajstić information content (AvgIpc) is 2.41. The van der Waals surface area contributed by atoms with Gasteiger partial charge in [0.15, 0.2) is 0 Å². The highest BCUT2D eigenvalue weighted by molar-refractivity contribution is 4.71. The first-order valence-corrected chi connectivity index (χ1v) is 8.28. The lowest BCUT2D eigenvalue weighted by molar-refractivity contribution is 0.0745. The van der Waals surface area contributed by atoms with Crippen LogP contribution in [0.2, 0.25) is 0 Å². The minimum atomic E-state index is 0.385. The lowest BCUT2D eigenvalue weighted by Crippen LogP contribution is -2.46. The first kappa shape index (κ1) is 16.9. The van der Waals surface area contributed by atoms with Crippen molar-refractivity contribution < 1.29 is 4.74 Å². The predicted octanol–water partition coefficient (Wildman–Crippen LogP) is 3.00. The van der Waals surface area contributed by atoms with Crippen molar-refractivity contribution in [2.75, 3.05) is 45.9 Å². The topological polar surface area (TPSA) is 15.7 Å². The molecule has 1 rings (SSSR count). The maximum atomic E-state index is 5.57. The predicted molar refractivity (Wildman–Crippen MR) is 82.7 cm³/mol. The molecule has 0 radical (unpaired) electrons. The molecule has 0 aromatic rings. The van der Waals surface area contributed by atoms with E-state index in [2.05, 4.69) is 30.6 Å². The van der Waals surface area contributed by atoms with Gasteiger partial charge in [-0.3, -0.25) is 0 Å². The Morgan fingerprint density at radius 3 is 1.95 bits per heavy atom. The highest BCUT2D eigenvalue weighted by Gasteiger charge is 2.15. The minimum absolute atomic E-state index is 0.385. The molecule has 3 nitrogen and oxygen atoms in total. The van der Waals surface area contributed by atoms with Crippen molar-refractivity contribution in [2.45, 2.75) is 59.0 Å². The fourth-order valence-corrected chi connectivity index (χ4v) is 2.55. The van der Waals surface area contributed by atoms with Crippen LogP contribution in [0.1, 0.15) is 52.9 Å². The van der Waals surface area contributed by atoms with E-state index >= 15 is 0 Å². The molecule has 3 heteroatoms. The Hall–Kier alpha value is -0.120. The van der Waals surface area contributed by atoms with Crippen molar-refractivity contribution >= 4 is 0 Å². The van der Waals surface area contributed by atoms with Crippen LogP contribution < -0.4 is 0 Å². The number of hydrogen-bond acceptors (Lipinski definition) is 3. The van der Waals surface area contributed by atoms with Gasteiger partial charge in [0.2, 0.25) is 0 Å². The van der Waals surface area contributed by atoms with Gasteiger partial charge in [0.05, 0.1) is 6.10 Å². The lowest BCUT2D eigenvalue weighted by atomic mass is 10.2. The second-order valence-corrected chi connectivity index (χ2v) is 6.02. The van der Waals surface area contributed by atoms with Crippen molar-refractivity contribution in [1.29, 1.82) is 0 Å². The van der Waals surface area contributed by atoms with E-state index < -0.39 is 0 Å². The summed E-state index contributed by atoms with van der Waals surface area (Å²) in [4.78, 5) is 5.25. The fourth-order valence-electron chi connectivity index (χ4n) is 2.55. The fraction of sp³-hybridized carbons (Fsp3) is 1.00. The average molecular weight is 270 g/mol. The normalized spacial score (nSPS) is 18.3. The van der Waals surface area contributed by atoms with Crippen molar-refractivity contribution in [2.24, 2.45) is 0 Å². The molecule has 19 heavy (non-hydrogen) atoms. The van der Waals surface area contributed by atoms with Gasteiger partial charge in [0, 0.05) is 32.8 Å². The first-order chi connectivity index (χ1) is 9.22. The summed E-state index contributed by atoms with van der Waals surface area (Å²) in [6, 6.07) is 0. The van der Waals surface area contributed by atoms with Crippen LogP contribution in [-0.4, -0.2) is 61.8 Å². The molecule has 0 N–H and O–H groups in total. The Morgan fingerprint density at radius 1 is 0.842 bits per heavy atom. The first-order valence-electron chi connectivity index (χ1n) is 8.28. The maximum absolute atomic E-state index is 5.57. The summed E-state index contributed by atoms with van der Waals surface area (Å²) in [5, 5.41) is 0. The second kappa shape index (κ2) is 10.6. The van der Waals surface area contributed by atoms with E-state index in [0.717, 1.165) is 6.61 Å². The highest BCUT2D eigenvalue weighted by Crippen LogP contribution is 2.06. The molecule has 0 aliphatic carbocycles. The van der Waals surface area contributed by atoms with Crippen LogP contribution in [0.25, 0.3) is 0 Å². The third-order valence-electron chi connectivity index (χ3n) is 3.86. The van der Waals surface area contributed by atoms with Gasteiger partial charge >= 0.3 is 0 Å². The Balaban J connectivity index is 1.92. The zero-order valence-electron chi connectivity index (χ0n) is 13.4. The Morgan fingerprint density at radius 2 is 1.42 bits per heavy atom. The van der Waals surface area contributed by atoms with Gasteiger partial charge in [-0.05, 0) is 52.6 Å². The van der Waals surface area contributed by atoms with Gasteiger partial charge in [0.25, 0.3) is 0 Å². The lowest BCUT2D eigenvalue weighted by Gasteiger charge is -2.34. The number of piperazine rings is 1. The monoisotopic (exact) mass is 270 g/mol. The Kier molecular flexibility index (Phi) is 9.48. The quantitative estimate of drug-likeness (QED) is 0.568. The van der Waals surface area contributed by atoms with E-state index in [1.54, 1.807) is 0 Å². The van der Waals surface area contributed by atoms with Crippen molar-refractivity contribution in [3.8, 4) is 0 Å². The summed E-state index contributed by atoms with van der Waals surface area (Å²) < 4.78 is 5.57. The van der Waals surface area contributed by atoms with Gasteiger partial charge in [-0.2, -0.15) is 0 Å². The van der Waals surface area contributed by atoms with Crippen LogP contribution in [-0.2, 0) is 4.74 Å². The van der Waals surface area contributed by atoms with Gasteiger partial charge in [0.1, 0.15) is 0 Å². The standard InChI is InChI=1S/C16H34N2O/c1-4-5-9-17-11-13-18(14-12-17)10-7-6-8-15-19-16(2)3/h16H,4-15H2,1-3H3. The molecule has 0 saturated carbocycles. The summed E-state index contributed by atoms with van der Waals surface area (Å²) in [6.45, 7) is 15.1. The van der Waals surface area contributed by atoms with Gasteiger partial charge in [-0.15, -0.1) is 0 Å². The summed E-state index contributed by atoms with van der Waals surface area (Å²) in [7, 11) is 0. The molecule has 114 valence electrons. The molecule has 0 unspecified atom stereocenters. The molecule has 0 spiro atoms. The summed E-state index contributed by atoms with van der Waals surface area (Å²) in [5.74, 6) is 0. The van der Waals surface area contributed by atoms with Crippen LogP contribution in [0.4, 0.5) is 0 Å². The van der Waals surface area contributed by atoms with Gasteiger partial charge in [-0.1, -0.05) is 13.3 Å². The van der Waals surface area contributed by atoms with Crippen LogP contribution in [0.5, 0.6) is 0 Å². The van der Waals surface area contributed by atoms with E-state index in [1.807, 2.05) is 0 Å². The largest absolute Gasteiger partial charge is 0.379 e. The van der Waals surface area contributed by atoms with E-state index in [0.29, 0.717) is 6.10 Å². The number of rotatable bonds is 10. The second-order valence-electron chi connectivity index (χ2n) is 6.02. The molecular formula is C16H34N2O. The smallest absolute Gasteiger partial charge is 0.0518 e. The van der Waals surface area contributed by atoms with Gasteiger partial charge in [-0.25, -0.2) is 0 Å². The summed E-state index contributed by atoms with van der Waals surface area (Å²) in [6.07, 6.45) is 6.92. The van der Waals surface area contributed by atoms with E-state index in [9.17, 15) is 0 Å². The zero-order valence-corrected chi connectivity index (χ0v) is 13.4. The number of nitrogens with zero attached hydrogens (tertiary/aromatic N) is 2. The zero-order chi connectivity index (χ0) is 13.9. The minimum Gasteiger partial charge on any atom is -0.379 e. The molecule has 1 fully saturated rings. The third kappa shape index (κ3) is 8.61.